The Labute approximate surface area is 139 Å². The van der Waals surface area contributed by atoms with Crippen LogP contribution in [0, 0.1) is 5.82 Å². The second-order valence-electron chi connectivity index (χ2n) is 5.55. The van der Waals surface area contributed by atoms with Crippen LogP contribution in [0.3, 0.4) is 0 Å². The topological polar surface area (TPSA) is 56.8 Å². The number of carbonyl (C=O) groups excluding carboxylic acids is 1. The Hall–Kier alpha value is -2.09. The molecule has 2 N–H and O–H groups in total. The number of cyclic esters (lactones) is 1. The summed E-state index contributed by atoms with van der Waals surface area (Å²) in [5.74, 6) is -0.312. The molecule has 0 saturated carbocycles. The van der Waals surface area contributed by atoms with Crippen LogP contribution in [0.4, 0.5) is 20.6 Å². The highest BCUT2D eigenvalue weighted by atomic mass is 32.1. The van der Waals surface area contributed by atoms with Crippen LogP contribution in [-0.4, -0.2) is 50.5 Å². The van der Waals surface area contributed by atoms with Gasteiger partial charge in [0.1, 0.15) is 11.9 Å². The summed E-state index contributed by atoms with van der Waals surface area (Å²) < 4.78 is 19.5. The number of carbonyl (C=O) groups is 1. The molecule has 0 radical (unpaired) electrons. The molecular formula is C15H19FN4O2S. The molecule has 2 fully saturated rings. The normalized spacial score (nSPS) is 20.1. The van der Waals surface area contributed by atoms with E-state index in [-0.39, 0.29) is 11.9 Å². The van der Waals surface area contributed by atoms with Gasteiger partial charge < -0.3 is 20.3 Å². The first kappa shape index (κ1) is 15.8. The number of hydrogen-bond acceptors (Lipinski definition) is 4. The van der Waals surface area contributed by atoms with Crippen molar-refractivity contribution in [3.63, 3.8) is 0 Å². The summed E-state index contributed by atoms with van der Waals surface area (Å²) in [6.07, 6.45) is 0.290. The lowest BCUT2D eigenvalue weighted by molar-refractivity contribution is 0.143. The van der Waals surface area contributed by atoms with E-state index >= 15 is 0 Å². The van der Waals surface area contributed by atoms with Crippen molar-refractivity contribution in [3.05, 3.63) is 24.0 Å². The lowest BCUT2D eigenvalue weighted by Crippen LogP contribution is -2.39. The van der Waals surface area contributed by atoms with Gasteiger partial charge in [-0.25, -0.2) is 9.18 Å². The Morgan fingerprint density at radius 3 is 2.87 bits per heavy atom. The molecule has 2 aliphatic rings. The van der Waals surface area contributed by atoms with Gasteiger partial charge in [-0.3, -0.25) is 4.90 Å². The molecule has 2 saturated heterocycles. The summed E-state index contributed by atoms with van der Waals surface area (Å²) >= 11 is 4.98. The van der Waals surface area contributed by atoms with Crippen molar-refractivity contribution in [2.45, 2.75) is 12.5 Å². The van der Waals surface area contributed by atoms with Gasteiger partial charge in [-0.05, 0) is 36.8 Å². The third-order valence-electron chi connectivity index (χ3n) is 4.03. The maximum atomic E-state index is 14.2. The van der Waals surface area contributed by atoms with Crippen molar-refractivity contribution in [2.75, 3.05) is 43.0 Å². The first-order valence-corrected chi connectivity index (χ1v) is 7.97. The third kappa shape index (κ3) is 3.31. The summed E-state index contributed by atoms with van der Waals surface area (Å²) in [6, 6.07) is 4.87. The summed E-state index contributed by atoms with van der Waals surface area (Å²) in [5, 5.41) is 6.23. The summed E-state index contributed by atoms with van der Waals surface area (Å²) in [5.41, 5.74) is 1.10. The Kier molecular flexibility index (Phi) is 4.51. The fourth-order valence-corrected chi connectivity index (χ4v) is 2.69. The highest BCUT2D eigenvalue weighted by molar-refractivity contribution is 7.80. The predicted octanol–water partition coefficient (Wildman–Crippen LogP) is 1.45. The van der Waals surface area contributed by atoms with E-state index in [1.807, 2.05) is 4.90 Å². The standard InChI is InChI=1S/C15H19FN4O2S/c1-17-14(23)18-8-11-9-20(15(21)22-11)10-3-4-13(12(16)7-10)19-5-2-6-19/h3-4,7,11H,2,5-6,8-9H2,1H3,(H2,17,18,23)/t11-/m0/s1. The fraction of sp³-hybridized carbons (Fsp3) is 0.467. The molecule has 1 aromatic rings. The van der Waals surface area contributed by atoms with Gasteiger partial charge in [-0.1, -0.05) is 0 Å². The van der Waals surface area contributed by atoms with Crippen molar-refractivity contribution < 1.29 is 13.9 Å². The molecule has 0 aliphatic carbocycles. The zero-order valence-corrected chi connectivity index (χ0v) is 13.7. The van der Waals surface area contributed by atoms with Crippen molar-refractivity contribution in [1.29, 1.82) is 0 Å². The van der Waals surface area contributed by atoms with Gasteiger partial charge in [0.15, 0.2) is 5.11 Å². The number of halogens is 1. The van der Waals surface area contributed by atoms with E-state index in [1.54, 1.807) is 19.2 Å². The van der Waals surface area contributed by atoms with Crippen LogP contribution in [0.2, 0.25) is 0 Å². The second-order valence-corrected chi connectivity index (χ2v) is 5.96. The summed E-state index contributed by atoms with van der Waals surface area (Å²) in [7, 11) is 1.71. The molecule has 0 aromatic heterocycles. The minimum atomic E-state index is -0.469. The van der Waals surface area contributed by atoms with Gasteiger partial charge in [0.05, 0.1) is 24.5 Å². The highest BCUT2D eigenvalue weighted by Gasteiger charge is 2.33. The molecule has 6 nitrogen and oxygen atoms in total. The van der Waals surface area contributed by atoms with Crippen LogP contribution >= 0.6 is 12.2 Å². The molecule has 0 spiro atoms. The molecule has 1 amide bonds. The molecule has 0 bridgehead atoms. The molecule has 2 aliphatic heterocycles. The lowest BCUT2D eigenvalue weighted by Gasteiger charge is -2.33. The molecule has 1 atom stereocenters. The van der Waals surface area contributed by atoms with Gasteiger partial charge >= 0.3 is 6.09 Å². The van der Waals surface area contributed by atoms with Crippen LogP contribution in [0.1, 0.15) is 6.42 Å². The number of ether oxygens (including phenoxy) is 1. The Morgan fingerprint density at radius 2 is 2.26 bits per heavy atom. The molecule has 23 heavy (non-hydrogen) atoms. The number of nitrogens with zero attached hydrogens (tertiary/aromatic N) is 2. The van der Waals surface area contributed by atoms with Gasteiger partial charge in [-0.2, -0.15) is 0 Å². The molecule has 0 unspecified atom stereocenters. The molecule has 124 valence electrons. The molecule has 1 aromatic carbocycles. The maximum absolute atomic E-state index is 14.2. The zero-order chi connectivity index (χ0) is 16.4. The average Bonchev–Trinajstić information content (AvgIpc) is 2.86. The number of amides is 1. The number of thiocarbonyl (C=S) groups is 1. The lowest BCUT2D eigenvalue weighted by atomic mass is 10.1. The third-order valence-corrected chi connectivity index (χ3v) is 4.38. The van der Waals surface area contributed by atoms with Gasteiger partial charge in [-0.15, -0.1) is 0 Å². The number of benzene rings is 1. The number of nitrogens with one attached hydrogen (secondary N) is 2. The summed E-state index contributed by atoms with van der Waals surface area (Å²) in [4.78, 5) is 15.4. The fourth-order valence-electron chi connectivity index (χ4n) is 2.61. The molecule has 3 rings (SSSR count). The van der Waals surface area contributed by atoms with E-state index in [0.717, 1.165) is 19.5 Å². The number of anilines is 2. The average molecular weight is 338 g/mol. The van der Waals surface area contributed by atoms with Crippen LogP contribution in [0.5, 0.6) is 0 Å². The van der Waals surface area contributed by atoms with E-state index in [2.05, 4.69) is 10.6 Å². The highest BCUT2D eigenvalue weighted by Crippen LogP contribution is 2.29. The Bertz CT molecular complexity index is 623. The first-order chi connectivity index (χ1) is 11.1. The summed E-state index contributed by atoms with van der Waals surface area (Å²) in [6.45, 7) is 2.53. The van der Waals surface area contributed by atoms with Crippen LogP contribution in [0.25, 0.3) is 0 Å². The Morgan fingerprint density at radius 1 is 1.48 bits per heavy atom. The minimum Gasteiger partial charge on any atom is -0.442 e. The maximum Gasteiger partial charge on any atom is 0.414 e. The second kappa shape index (κ2) is 6.57. The van der Waals surface area contributed by atoms with E-state index in [0.29, 0.717) is 29.6 Å². The number of hydrogen-bond donors (Lipinski definition) is 2. The molecule has 8 heteroatoms. The van der Waals surface area contributed by atoms with Crippen molar-refractivity contribution in [2.24, 2.45) is 0 Å². The number of rotatable bonds is 4. The van der Waals surface area contributed by atoms with Crippen molar-refractivity contribution in [1.82, 2.24) is 10.6 Å². The van der Waals surface area contributed by atoms with E-state index < -0.39 is 6.09 Å². The van der Waals surface area contributed by atoms with Gasteiger partial charge in [0.2, 0.25) is 0 Å². The van der Waals surface area contributed by atoms with Gasteiger partial charge in [0, 0.05) is 20.1 Å². The quantitative estimate of drug-likeness (QED) is 0.811. The van der Waals surface area contributed by atoms with E-state index in [4.69, 9.17) is 17.0 Å². The van der Waals surface area contributed by atoms with Crippen molar-refractivity contribution in [3.8, 4) is 0 Å². The molecule has 2 heterocycles. The van der Waals surface area contributed by atoms with Crippen LogP contribution in [-0.2, 0) is 4.74 Å². The van der Waals surface area contributed by atoms with Crippen LogP contribution in [0.15, 0.2) is 18.2 Å². The van der Waals surface area contributed by atoms with E-state index in [1.165, 1.54) is 11.0 Å². The van der Waals surface area contributed by atoms with Gasteiger partial charge in [0.25, 0.3) is 0 Å². The monoisotopic (exact) mass is 338 g/mol. The van der Waals surface area contributed by atoms with Crippen molar-refractivity contribution >= 4 is 34.8 Å². The largest absolute Gasteiger partial charge is 0.442 e. The smallest absolute Gasteiger partial charge is 0.414 e. The zero-order valence-electron chi connectivity index (χ0n) is 12.8. The van der Waals surface area contributed by atoms with Crippen LogP contribution < -0.4 is 20.4 Å². The SMILES string of the molecule is CNC(=S)NC[C@H]1CN(c2ccc(N3CCC3)c(F)c2)C(=O)O1. The molecular weight excluding hydrogens is 319 g/mol. The Balaban J connectivity index is 1.65. The first-order valence-electron chi connectivity index (χ1n) is 7.56. The predicted molar refractivity (Wildman–Crippen MR) is 90.5 cm³/mol. The minimum absolute atomic E-state index is 0.312. The van der Waals surface area contributed by atoms with E-state index in [9.17, 15) is 9.18 Å².